The van der Waals surface area contributed by atoms with Crippen molar-refractivity contribution in [2.24, 2.45) is 0 Å². The standard InChI is InChI=1S/C11H13NO6/c1-3-17-10(13)11(14)18-9-6-7(16-2)4-5-8(9)12-15/h4-6,12,15H,3H2,1-2H3. The Bertz CT molecular complexity index is 445. The van der Waals surface area contributed by atoms with Gasteiger partial charge in [0.05, 0.1) is 13.7 Å². The van der Waals surface area contributed by atoms with Gasteiger partial charge in [0.2, 0.25) is 0 Å². The predicted molar refractivity (Wildman–Crippen MR) is 60.7 cm³/mol. The van der Waals surface area contributed by atoms with Gasteiger partial charge in [0.1, 0.15) is 11.4 Å². The van der Waals surface area contributed by atoms with Gasteiger partial charge >= 0.3 is 11.9 Å². The van der Waals surface area contributed by atoms with Crippen molar-refractivity contribution in [1.29, 1.82) is 0 Å². The lowest BCUT2D eigenvalue weighted by Gasteiger charge is -2.09. The molecule has 1 aromatic carbocycles. The van der Waals surface area contributed by atoms with Crippen LogP contribution < -0.4 is 15.0 Å². The third-order valence-corrected chi connectivity index (χ3v) is 1.95. The summed E-state index contributed by atoms with van der Waals surface area (Å²) in [4.78, 5) is 22.4. The molecule has 0 spiro atoms. The van der Waals surface area contributed by atoms with Crippen LogP contribution >= 0.6 is 0 Å². The van der Waals surface area contributed by atoms with Crippen LogP contribution in [0.4, 0.5) is 5.69 Å². The fraction of sp³-hybridized carbons (Fsp3) is 0.273. The number of methoxy groups -OCH3 is 1. The molecule has 0 aliphatic heterocycles. The summed E-state index contributed by atoms with van der Waals surface area (Å²) in [6, 6.07) is 4.31. The summed E-state index contributed by atoms with van der Waals surface area (Å²) in [5.41, 5.74) is 1.96. The minimum absolute atomic E-state index is 0.0464. The molecule has 0 aliphatic rings. The van der Waals surface area contributed by atoms with Gasteiger partial charge in [-0.3, -0.25) is 10.7 Å². The quantitative estimate of drug-likeness (QED) is 0.358. The Morgan fingerprint density at radius 1 is 1.33 bits per heavy atom. The van der Waals surface area contributed by atoms with Crippen LogP contribution in [0, 0.1) is 0 Å². The average Bonchev–Trinajstić information content (AvgIpc) is 2.38. The Morgan fingerprint density at radius 3 is 2.61 bits per heavy atom. The van der Waals surface area contributed by atoms with E-state index in [-0.39, 0.29) is 18.0 Å². The van der Waals surface area contributed by atoms with Gasteiger partial charge in [0.25, 0.3) is 0 Å². The highest BCUT2D eigenvalue weighted by atomic mass is 16.6. The van der Waals surface area contributed by atoms with Crippen molar-refractivity contribution in [1.82, 2.24) is 0 Å². The van der Waals surface area contributed by atoms with E-state index >= 15 is 0 Å². The first-order valence-corrected chi connectivity index (χ1v) is 5.09. The molecular weight excluding hydrogens is 242 g/mol. The third-order valence-electron chi connectivity index (χ3n) is 1.95. The largest absolute Gasteiger partial charge is 0.497 e. The molecule has 0 saturated heterocycles. The fourth-order valence-corrected chi connectivity index (χ4v) is 1.14. The second-order valence-electron chi connectivity index (χ2n) is 3.08. The van der Waals surface area contributed by atoms with E-state index in [0.29, 0.717) is 5.75 Å². The van der Waals surface area contributed by atoms with Crippen molar-refractivity contribution in [3.63, 3.8) is 0 Å². The fourth-order valence-electron chi connectivity index (χ4n) is 1.14. The van der Waals surface area contributed by atoms with Crippen LogP contribution in [-0.2, 0) is 14.3 Å². The highest BCUT2D eigenvalue weighted by Crippen LogP contribution is 2.29. The van der Waals surface area contributed by atoms with E-state index < -0.39 is 11.9 Å². The lowest BCUT2D eigenvalue weighted by molar-refractivity contribution is -0.161. The molecule has 7 nitrogen and oxygen atoms in total. The predicted octanol–water partition coefficient (Wildman–Crippen LogP) is 0.965. The molecule has 0 fully saturated rings. The molecule has 0 aliphatic carbocycles. The van der Waals surface area contributed by atoms with Crippen LogP contribution in [0.1, 0.15) is 6.92 Å². The van der Waals surface area contributed by atoms with Gasteiger partial charge in [0, 0.05) is 6.07 Å². The molecule has 0 amide bonds. The van der Waals surface area contributed by atoms with Crippen LogP contribution in [0.5, 0.6) is 11.5 Å². The number of ether oxygens (including phenoxy) is 3. The third kappa shape index (κ3) is 3.36. The number of benzene rings is 1. The zero-order valence-corrected chi connectivity index (χ0v) is 9.93. The minimum atomic E-state index is -1.18. The number of esters is 2. The number of carbonyl (C=O) groups excluding carboxylic acids is 2. The molecule has 1 rings (SSSR count). The molecular formula is C11H13NO6. The number of nitrogens with one attached hydrogen (secondary N) is 1. The lowest BCUT2D eigenvalue weighted by Crippen LogP contribution is -2.23. The van der Waals surface area contributed by atoms with E-state index in [1.807, 2.05) is 5.48 Å². The Hall–Kier alpha value is -2.28. The van der Waals surface area contributed by atoms with Gasteiger partial charge < -0.3 is 14.2 Å². The van der Waals surface area contributed by atoms with Gasteiger partial charge in [-0.1, -0.05) is 0 Å². The average molecular weight is 255 g/mol. The van der Waals surface area contributed by atoms with Crippen LogP contribution in [-0.4, -0.2) is 30.9 Å². The van der Waals surface area contributed by atoms with Crippen molar-refractivity contribution in [3.05, 3.63) is 18.2 Å². The maximum absolute atomic E-state index is 11.3. The highest BCUT2D eigenvalue weighted by Gasteiger charge is 2.19. The number of rotatable bonds is 4. The normalized spacial score (nSPS) is 9.50. The number of hydrogen-bond acceptors (Lipinski definition) is 7. The van der Waals surface area contributed by atoms with E-state index in [1.165, 1.54) is 19.2 Å². The Balaban J connectivity index is 2.88. The zero-order valence-electron chi connectivity index (χ0n) is 9.93. The van der Waals surface area contributed by atoms with E-state index in [0.717, 1.165) is 0 Å². The highest BCUT2D eigenvalue weighted by molar-refractivity contribution is 6.30. The molecule has 0 radical (unpaired) electrons. The Morgan fingerprint density at radius 2 is 2.06 bits per heavy atom. The molecule has 98 valence electrons. The summed E-state index contributed by atoms with van der Waals surface area (Å²) in [6.07, 6.45) is 0. The molecule has 0 atom stereocenters. The van der Waals surface area contributed by atoms with Crippen molar-refractivity contribution in [3.8, 4) is 11.5 Å². The summed E-state index contributed by atoms with van der Waals surface area (Å²) < 4.78 is 14.2. The van der Waals surface area contributed by atoms with Crippen LogP contribution in [0.25, 0.3) is 0 Å². The molecule has 2 N–H and O–H groups in total. The summed E-state index contributed by atoms with van der Waals surface area (Å²) in [5.74, 6) is -1.93. The van der Waals surface area contributed by atoms with Crippen molar-refractivity contribution in [2.75, 3.05) is 19.2 Å². The molecule has 0 bridgehead atoms. The van der Waals surface area contributed by atoms with E-state index in [9.17, 15) is 9.59 Å². The second-order valence-corrected chi connectivity index (χ2v) is 3.08. The van der Waals surface area contributed by atoms with Gasteiger partial charge in [-0.15, -0.1) is 0 Å². The van der Waals surface area contributed by atoms with Crippen molar-refractivity contribution >= 4 is 17.6 Å². The first-order valence-electron chi connectivity index (χ1n) is 5.09. The van der Waals surface area contributed by atoms with Gasteiger partial charge in [0.15, 0.2) is 5.75 Å². The molecule has 1 aromatic rings. The Kier molecular flexibility index (Phi) is 4.94. The SMILES string of the molecule is CCOC(=O)C(=O)Oc1cc(OC)ccc1NO. The first kappa shape index (κ1) is 13.8. The smallest absolute Gasteiger partial charge is 0.422 e. The monoisotopic (exact) mass is 255 g/mol. The summed E-state index contributed by atoms with van der Waals surface area (Å²) in [5, 5.41) is 8.84. The van der Waals surface area contributed by atoms with Gasteiger partial charge in [-0.25, -0.2) is 9.59 Å². The molecule has 0 heterocycles. The topological polar surface area (TPSA) is 94.1 Å². The van der Waals surface area contributed by atoms with Crippen molar-refractivity contribution in [2.45, 2.75) is 6.92 Å². The molecule has 18 heavy (non-hydrogen) atoms. The molecule has 0 aromatic heterocycles. The summed E-state index contributed by atoms with van der Waals surface area (Å²) in [7, 11) is 1.43. The maximum Gasteiger partial charge on any atom is 0.422 e. The summed E-state index contributed by atoms with van der Waals surface area (Å²) >= 11 is 0. The van der Waals surface area contributed by atoms with E-state index in [1.54, 1.807) is 13.0 Å². The maximum atomic E-state index is 11.3. The first-order chi connectivity index (χ1) is 8.62. The second kappa shape index (κ2) is 6.45. The zero-order chi connectivity index (χ0) is 13.5. The molecule has 0 unspecified atom stereocenters. The molecule has 7 heteroatoms. The lowest BCUT2D eigenvalue weighted by atomic mass is 10.3. The van der Waals surface area contributed by atoms with Gasteiger partial charge in [-0.2, -0.15) is 0 Å². The molecule has 0 saturated carbocycles. The van der Waals surface area contributed by atoms with Crippen LogP contribution in [0.2, 0.25) is 0 Å². The number of carbonyl (C=O) groups is 2. The number of hydrogen-bond donors (Lipinski definition) is 2. The van der Waals surface area contributed by atoms with E-state index in [2.05, 4.69) is 4.74 Å². The van der Waals surface area contributed by atoms with E-state index in [4.69, 9.17) is 14.7 Å². The van der Waals surface area contributed by atoms with Crippen LogP contribution in [0.3, 0.4) is 0 Å². The Labute approximate surface area is 103 Å². The number of anilines is 1. The minimum Gasteiger partial charge on any atom is -0.497 e. The van der Waals surface area contributed by atoms with Crippen LogP contribution in [0.15, 0.2) is 18.2 Å². The van der Waals surface area contributed by atoms with Crippen molar-refractivity contribution < 1.29 is 29.0 Å². The van der Waals surface area contributed by atoms with Gasteiger partial charge in [-0.05, 0) is 19.1 Å². The summed E-state index contributed by atoms with van der Waals surface area (Å²) in [6.45, 7) is 1.63.